The predicted octanol–water partition coefficient (Wildman–Crippen LogP) is 2.61. The van der Waals surface area contributed by atoms with E-state index in [2.05, 4.69) is 4.98 Å². The molecule has 2 aromatic heterocycles. The minimum atomic E-state index is -1.28. The van der Waals surface area contributed by atoms with E-state index in [0.717, 1.165) is 0 Å². The summed E-state index contributed by atoms with van der Waals surface area (Å²) in [7, 11) is 0. The van der Waals surface area contributed by atoms with Gasteiger partial charge in [0.25, 0.3) is 0 Å². The van der Waals surface area contributed by atoms with Gasteiger partial charge in [0, 0.05) is 42.3 Å². The molecule has 194 valence electrons. The average molecular weight is 500 g/mol. The van der Waals surface area contributed by atoms with Crippen LogP contribution in [0.5, 0.6) is 5.75 Å². The molecule has 3 aliphatic rings. The molecule has 9 heteroatoms. The van der Waals surface area contributed by atoms with Crippen molar-refractivity contribution in [1.29, 1.82) is 0 Å². The molecule has 2 saturated carbocycles. The Morgan fingerprint density at radius 2 is 2.03 bits per heavy atom. The van der Waals surface area contributed by atoms with Crippen LogP contribution >= 0.6 is 0 Å². The Labute approximate surface area is 209 Å². The van der Waals surface area contributed by atoms with Crippen LogP contribution in [0.15, 0.2) is 39.8 Å². The summed E-state index contributed by atoms with van der Waals surface area (Å²) >= 11 is 0. The fraction of sp³-hybridized carbons (Fsp3) is 0.593. The number of esters is 1. The Morgan fingerprint density at radius 1 is 1.28 bits per heavy atom. The number of pyridine rings is 1. The smallest absolute Gasteiger partial charge is 0.345 e. The van der Waals surface area contributed by atoms with E-state index >= 15 is 0 Å². The van der Waals surface area contributed by atoms with E-state index in [0.29, 0.717) is 24.8 Å². The monoisotopic (exact) mass is 499 g/mol. The number of hydrogen-bond acceptors (Lipinski definition) is 9. The van der Waals surface area contributed by atoms with Crippen LogP contribution in [-0.2, 0) is 9.53 Å². The summed E-state index contributed by atoms with van der Waals surface area (Å²) in [6, 6.07) is 5.04. The van der Waals surface area contributed by atoms with E-state index in [1.54, 1.807) is 37.5 Å². The summed E-state index contributed by atoms with van der Waals surface area (Å²) in [6.07, 6.45) is 1.63. The molecular weight excluding hydrogens is 466 g/mol. The van der Waals surface area contributed by atoms with Gasteiger partial charge in [0.2, 0.25) is 0 Å². The van der Waals surface area contributed by atoms with Gasteiger partial charge in [-0.25, -0.2) is 4.79 Å². The molecule has 0 bridgehead atoms. The van der Waals surface area contributed by atoms with E-state index in [9.17, 15) is 24.9 Å². The Bertz CT molecular complexity index is 1230. The minimum Gasteiger partial charge on any atom is -0.482 e. The first kappa shape index (κ1) is 24.9. The second-order valence-corrected chi connectivity index (χ2v) is 11.2. The Hall–Kier alpha value is -2.75. The minimum absolute atomic E-state index is 0.0189. The quantitative estimate of drug-likeness (QED) is 0.544. The summed E-state index contributed by atoms with van der Waals surface area (Å²) in [5.74, 6) is -1.07. The third-order valence-corrected chi connectivity index (χ3v) is 9.21. The molecule has 8 atom stereocenters. The second-order valence-electron chi connectivity index (χ2n) is 11.2. The molecule has 0 amide bonds. The van der Waals surface area contributed by atoms with Crippen molar-refractivity contribution in [3.05, 3.63) is 46.6 Å². The number of hydrogen-bond donors (Lipinski definition) is 3. The van der Waals surface area contributed by atoms with Gasteiger partial charge >= 0.3 is 11.6 Å². The lowest BCUT2D eigenvalue weighted by atomic mass is 9.42. The number of ether oxygens (including phenoxy) is 2. The zero-order chi connectivity index (χ0) is 26.0. The topological polar surface area (TPSA) is 139 Å². The van der Waals surface area contributed by atoms with Crippen molar-refractivity contribution in [2.45, 2.75) is 70.9 Å². The Balaban J connectivity index is 1.69. The van der Waals surface area contributed by atoms with Gasteiger partial charge in [-0.3, -0.25) is 9.78 Å². The maximum atomic E-state index is 13.2. The van der Waals surface area contributed by atoms with Gasteiger partial charge in [0.05, 0.1) is 18.8 Å². The number of fused-ring (bicyclic) bond motifs is 4. The van der Waals surface area contributed by atoms with Crippen LogP contribution in [0.4, 0.5) is 0 Å². The Morgan fingerprint density at radius 3 is 2.67 bits per heavy atom. The van der Waals surface area contributed by atoms with Gasteiger partial charge < -0.3 is 29.2 Å². The van der Waals surface area contributed by atoms with E-state index in [-0.39, 0.29) is 29.6 Å². The van der Waals surface area contributed by atoms with E-state index in [1.807, 2.05) is 13.8 Å². The standard InChI is InChI=1S/C27H33NO8/c1-14(30)34-20-11-18-25(2,8-7-19(31)26(18,3)13-29)23-22(32)21-17(36-27(20,23)4)10-16(35-24(21)33)15-6-5-9-28-12-15/h5-6,9-10,12,18-20,22-23,29,31-32H,7-8,11,13H2,1-4H3/t18?,19-,20-,22-,23?,25-,26?,27+/m0/s1. The first-order chi connectivity index (χ1) is 17.0. The zero-order valence-electron chi connectivity index (χ0n) is 20.9. The maximum absolute atomic E-state index is 13.2. The van der Waals surface area contributed by atoms with Crippen LogP contribution in [0.25, 0.3) is 11.3 Å². The van der Waals surface area contributed by atoms with Crippen LogP contribution in [0.3, 0.4) is 0 Å². The normalized spacial score (nSPS) is 39.2. The van der Waals surface area contributed by atoms with Gasteiger partial charge in [0.15, 0.2) is 0 Å². The van der Waals surface area contributed by atoms with Crippen LogP contribution in [0, 0.1) is 22.7 Å². The van der Waals surface area contributed by atoms with Crippen LogP contribution in [-0.4, -0.2) is 50.7 Å². The van der Waals surface area contributed by atoms with E-state index in [1.165, 1.54) is 6.92 Å². The maximum Gasteiger partial charge on any atom is 0.345 e. The molecule has 2 aromatic rings. The first-order valence-corrected chi connectivity index (χ1v) is 12.4. The van der Waals surface area contributed by atoms with Crippen molar-refractivity contribution in [3.63, 3.8) is 0 Å². The van der Waals surface area contributed by atoms with Gasteiger partial charge in [0.1, 0.15) is 28.8 Å². The first-order valence-electron chi connectivity index (χ1n) is 12.4. The lowest BCUT2D eigenvalue weighted by molar-refractivity contribution is -0.268. The number of carbonyl (C=O) groups excluding carboxylic acids is 1. The van der Waals surface area contributed by atoms with Crippen LogP contribution in [0.2, 0.25) is 0 Å². The number of rotatable bonds is 3. The average Bonchev–Trinajstić information content (AvgIpc) is 2.82. The predicted molar refractivity (Wildman–Crippen MR) is 128 cm³/mol. The molecule has 2 aliphatic carbocycles. The van der Waals surface area contributed by atoms with E-state index < -0.39 is 52.3 Å². The van der Waals surface area contributed by atoms with Gasteiger partial charge in [-0.1, -0.05) is 13.8 Å². The van der Waals surface area contributed by atoms with E-state index in [4.69, 9.17) is 13.9 Å². The number of aliphatic hydroxyl groups excluding tert-OH is 3. The highest BCUT2D eigenvalue weighted by Gasteiger charge is 2.70. The molecule has 36 heavy (non-hydrogen) atoms. The Kier molecular flexibility index (Phi) is 5.81. The second kappa shape index (κ2) is 8.39. The summed E-state index contributed by atoms with van der Waals surface area (Å²) in [5, 5.41) is 33.1. The number of nitrogens with zero attached hydrogens (tertiary/aromatic N) is 1. The summed E-state index contributed by atoms with van der Waals surface area (Å²) in [6.45, 7) is 6.68. The van der Waals surface area contributed by atoms with Gasteiger partial charge in [-0.15, -0.1) is 0 Å². The van der Waals surface area contributed by atoms with Crippen molar-refractivity contribution in [3.8, 4) is 17.1 Å². The number of aliphatic hydroxyl groups is 3. The van der Waals surface area contributed by atoms with Crippen molar-refractivity contribution in [1.82, 2.24) is 4.98 Å². The van der Waals surface area contributed by atoms with Crippen molar-refractivity contribution >= 4 is 5.97 Å². The molecule has 0 aromatic carbocycles. The lowest BCUT2D eigenvalue weighted by Crippen LogP contribution is -2.71. The highest BCUT2D eigenvalue weighted by molar-refractivity contribution is 5.66. The number of aromatic nitrogens is 1. The largest absolute Gasteiger partial charge is 0.482 e. The fourth-order valence-electron chi connectivity index (χ4n) is 7.42. The molecular formula is C27H33NO8. The van der Waals surface area contributed by atoms with Crippen molar-refractivity contribution in [2.75, 3.05) is 6.61 Å². The molecule has 3 heterocycles. The molecule has 0 radical (unpaired) electrons. The number of carbonyl (C=O) groups is 1. The highest BCUT2D eigenvalue weighted by Crippen LogP contribution is 2.67. The zero-order valence-corrected chi connectivity index (χ0v) is 20.9. The van der Waals surface area contributed by atoms with Gasteiger partial charge in [-0.2, -0.15) is 0 Å². The summed E-state index contributed by atoms with van der Waals surface area (Å²) in [5.41, 5.74) is -2.83. The highest BCUT2D eigenvalue weighted by atomic mass is 16.6. The molecule has 9 nitrogen and oxygen atoms in total. The molecule has 0 saturated heterocycles. The SMILES string of the molecule is CC(=O)O[C@H]1CC2C(C)(CO)[C@@H](O)CC[C@]2(C)C2[C@@H](O)c3c(cc(-c4cccnc4)oc3=O)O[C@@]21C. The lowest BCUT2D eigenvalue weighted by Gasteiger charge is -2.66. The third-order valence-electron chi connectivity index (χ3n) is 9.21. The van der Waals surface area contributed by atoms with Crippen molar-refractivity contribution in [2.24, 2.45) is 22.7 Å². The molecule has 0 spiro atoms. The molecule has 3 N–H and O–H groups in total. The van der Waals surface area contributed by atoms with Crippen LogP contribution < -0.4 is 10.4 Å². The summed E-state index contributed by atoms with van der Waals surface area (Å²) < 4.78 is 17.9. The van der Waals surface area contributed by atoms with Gasteiger partial charge in [-0.05, 0) is 49.7 Å². The summed E-state index contributed by atoms with van der Waals surface area (Å²) in [4.78, 5) is 29.5. The molecule has 3 unspecified atom stereocenters. The molecule has 2 fully saturated rings. The fourth-order valence-corrected chi connectivity index (χ4v) is 7.42. The molecule has 1 aliphatic heterocycles. The van der Waals surface area contributed by atoms with Crippen molar-refractivity contribution < 1.29 is 34.0 Å². The third kappa shape index (κ3) is 3.43. The molecule has 5 rings (SSSR count). The van der Waals surface area contributed by atoms with Crippen LogP contribution in [0.1, 0.15) is 58.6 Å².